The minimum absolute atomic E-state index is 0.518. The van der Waals surface area contributed by atoms with E-state index < -0.39 is 0 Å². The van der Waals surface area contributed by atoms with Crippen molar-refractivity contribution in [2.45, 2.75) is 20.3 Å². The molecule has 96 valence electrons. The first-order valence-electron chi connectivity index (χ1n) is 6.15. The van der Waals surface area contributed by atoms with Gasteiger partial charge < -0.3 is 15.2 Å². The molecule has 0 aromatic heterocycles. The molecule has 17 heavy (non-hydrogen) atoms. The van der Waals surface area contributed by atoms with Crippen LogP contribution in [0.2, 0.25) is 0 Å². The highest BCUT2D eigenvalue weighted by molar-refractivity contribution is 5.39. The molecule has 0 fully saturated rings. The minimum atomic E-state index is 0.518. The number of benzene rings is 1. The molecule has 0 radical (unpaired) electrons. The molecular formula is C14H23NO2. The highest BCUT2D eigenvalue weighted by atomic mass is 16.5. The van der Waals surface area contributed by atoms with E-state index in [9.17, 15) is 0 Å². The summed E-state index contributed by atoms with van der Waals surface area (Å²) in [4.78, 5) is 0. The van der Waals surface area contributed by atoms with Crippen LogP contribution in [-0.4, -0.2) is 20.3 Å². The Balaban J connectivity index is 2.45. The third kappa shape index (κ3) is 4.27. The maximum atomic E-state index is 5.73. The summed E-state index contributed by atoms with van der Waals surface area (Å²) in [6.07, 6.45) is 0.978. The maximum absolute atomic E-state index is 5.73. The maximum Gasteiger partial charge on any atom is 0.161 e. The van der Waals surface area contributed by atoms with Crippen LogP contribution in [0.4, 0.5) is 0 Å². The van der Waals surface area contributed by atoms with Crippen LogP contribution in [0, 0.1) is 11.8 Å². The van der Waals surface area contributed by atoms with Crippen molar-refractivity contribution in [1.82, 2.24) is 0 Å². The number of methoxy groups -OCH3 is 1. The van der Waals surface area contributed by atoms with Crippen LogP contribution in [0.1, 0.15) is 20.3 Å². The fourth-order valence-corrected chi connectivity index (χ4v) is 1.78. The Kier molecular flexibility index (Phi) is 5.84. The Morgan fingerprint density at radius 3 is 2.35 bits per heavy atom. The van der Waals surface area contributed by atoms with E-state index in [1.54, 1.807) is 7.11 Å². The predicted molar refractivity (Wildman–Crippen MR) is 70.5 cm³/mol. The third-order valence-electron chi connectivity index (χ3n) is 3.06. The lowest BCUT2D eigenvalue weighted by Crippen LogP contribution is -2.22. The molecule has 0 amide bonds. The van der Waals surface area contributed by atoms with Crippen LogP contribution in [0.25, 0.3) is 0 Å². The Hall–Kier alpha value is -1.22. The van der Waals surface area contributed by atoms with Gasteiger partial charge in [-0.2, -0.15) is 0 Å². The molecule has 0 bridgehead atoms. The molecule has 1 aromatic rings. The van der Waals surface area contributed by atoms with Crippen molar-refractivity contribution in [2.24, 2.45) is 17.6 Å². The van der Waals surface area contributed by atoms with Crippen molar-refractivity contribution in [3.05, 3.63) is 24.3 Å². The summed E-state index contributed by atoms with van der Waals surface area (Å²) < 4.78 is 11.0. The van der Waals surface area contributed by atoms with Gasteiger partial charge in [-0.1, -0.05) is 26.0 Å². The first-order valence-corrected chi connectivity index (χ1v) is 6.15. The van der Waals surface area contributed by atoms with Crippen molar-refractivity contribution in [1.29, 1.82) is 0 Å². The topological polar surface area (TPSA) is 44.5 Å². The molecule has 0 saturated heterocycles. The summed E-state index contributed by atoms with van der Waals surface area (Å²) in [7, 11) is 1.65. The van der Waals surface area contributed by atoms with Crippen LogP contribution in [0.3, 0.4) is 0 Å². The van der Waals surface area contributed by atoms with Gasteiger partial charge in [0.25, 0.3) is 0 Å². The van der Waals surface area contributed by atoms with Gasteiger partial charge in [-0.25, -0.2) is 0 Å². The molecule has 0 aliphatic carbocycles. The van der Waals surface area contributed by atoms with E-state index in [2.05, 4.69) is 13.8 Å². The fraction of sp³-hybridized carbons (Fsp3) is 0.571. The van der Waals surface area contributed by atoms with Crippen LogP contribution in [-0.2, 0) is 0 Å². The summed E-state index contributed by atoms with van der Waals surface area (Å²) in [6.45, 7) is 5.79. The molecule has 0 aliphatic rings. The lowest BCUT2D eigenvalue weighted by Gasteiger charge is -2.19. The Labute approximate surface area is 104 Å². The molecule has 3 nitrogen and oxygen atoms in total. The van der Waals surface area contributed by atoms with Crippen molar-refractivity contribution >= 4 is 0 Å². The van der Waals surface area contributed by atoms with Crippen molar-refractivity contribution in [2.75, 3.05) is 20.3 Å². The van der Waals surface area contributed by atoms with Crippen LogP contribution in [0.5, 0.6) is 11.5 Å². The zero-order valence-corrected chi connectivity index (χ0v) is 11.0. The van der Waals surface area contributed by atoms with Crippen molar-refractivity contribution in [3.8, 4) is 11.5 Å². The fourth-order valence-electron chi connectivity index (χ4n) is 1.78. The molecule has 2 N–H and O–H groups in total. The second-order valence-corrected chi connectivity index (χ2v) is 4.53. The van der Waals surface area contributed by atoms with E-state index in [-0.39, 0.29) is 0 Å². The summed E-state index contributed by atoms with van der Waals surface area (Å²) in [5.74, 6) is 2.70. The molecule has 1 rings (SSSR count). The zero-order valence-electron chi connectivity index (χ0n) is 11.0. The number of rotatable bonds is 7. The average Bonchev–Trinajstić information content (AvgIpc) is 2.34. The highest BCUT2D eigenvalue weighted by Gasteiger charge is 2.11. The second kappa shape index (κ2) is 7.17. The minimum Gasteiger partial charge on any atom is -0.493 e. The van der Waals surface area contributed by atoms with E-state index in [1.165, 1.54) is 0 Å². The molecular weight excluding hydrogens is 214 g/mol. The second-order valence-electron chi connectivity index (χ2n) is 4.53. The monoisotopic (exact) mass is 237 g/mol. The van der Waals surface area contributed by atoms with E-state index in [1.807, 2.05) is 24.3 Å². The van der Waals surface area contributed by atoms with Gasteiger partial charge in [-0.15, -0.1) is 0 Å². The molecule has 1 aromatic carbocycles. The molecule has 1 atom stereocenters. The zero-order chi connectivity index (χ0) is 12.7. The molecule has 0 aliphatic heterocycles. The average molecular weight is 237 g/mol. The van der Waals surface area contributed by atoms with Gasteiger partial charge in [-0.05, 0) is 36.9 Å². The van der Waals surface area contributed by atoms with Crippen molar-refractivity contribution < 1.29 is 9.47 Å². The number of nitrogens with two attached hydrogens (primary N) is 1. The SMILES string of the molecule is COc1ccccc1OCCC(CN)C(C)C. The first-order chi connectivity index (χ1) is 8.19. The number of hydrogen-bond acceptors (Lipinski definition) is 3. The van der Waals surface area contributed by atoms with Gasteiger partial charge >= 0.3 is 0 Å². The third-order valence-corrected chi connectivity index (χ3v) is 3.06. The predicted octanol–water partition coefficient (Wildman–Crippen LogP) is 2.70. The number of ether oxygens (including phenoxy) is 2. The van der Waals surface area contributed by atoms with E-state index >= 15 is 0 Å². The van der Waals surface area contributed by atoms with Gasteiger partial charge in [0.1, 0.15) is 0 Å². The molecule has 0 heterocycles. The summed E-state index contributed by atoms with van der Waals surface area (Å²) in [5.41, 5.74) is 5.73. The lowest BCUT2D eigenvalue weighted by molar-refractivity contribution is 0.243. The van der Waals surface area contributed by atoms with E-state index in [0.29, 0.717) is 25.0 Å². The van der Waals surface area contributed by atoms with Gasteiger partial charge in [0, 0.05) is 0 Å². The first kappa shape index (κ1) is 13.8. The van der Waals surface area contributed by atoms with E-state index in [0.717, 1.165) is 17.9 Å². The molecule has 1 unspecified atom stereocenters. The molecule has 0 spiro atoms. The Morgan fingerprint density at radius 1 is 1.18 bits per heavy atom. The van der Waals surface area contributed by atoms with Crippen molar-refractivity contribution in [3.63, 3.8) is 0 Å². The highest BCUT2D eigenvalue weighted by Crippen LogP contribution is 2.26. The largest absolute Gasteiger partial charge is 0.493 e. The summed E-state index contributed by atoms with van der Waals surface area (Å²) in [5, 5.41) is 0. The van der Waals surface area contributed by atoms with E-state index in [4.69, 9.17) is 15.2 Å². The summed E-state index contributed by atoms with van der Waals surface area (Å²) >= 11 is 0. The van der Waals surface area contributed by atoms with Crippen LogP contribution >= 0.6 is 0 Å². The number of hydrogen-bond donors (Lipinski definition) is 1. The lowest BCUT2D eigenvalue weighted by atomic mass is 9.93. The van der Waals surface area contributed by atoms with Gasteiger partial charge in [-0.3, -0.25) is 0 Å². The quantitative estimate of drug-likeness (QED) is 0.793. The summed E-state index contributed by atoms with van der Waals surface area (Å²) in [6, 6.07) is 7.70. The van der Waals surface area contributed by atoms with Crippen LogP contribution in [0.15, 0.2) is 24.3 Å². The van der Waals surface area contributed by atoms with Crippen LogP contribution < -0.4 is 15.2 Å². The van der Waals surface area contributed by atoms with Gasteiger partial charge in [0.05, 0.1) is 13.7 Å². The van der Waals surface area contributed by atoms with Gasteiger partial charge in [0.15, 0.2) is 11.5 Å². The number of para-hydroxylation sites is 2. The normalized spacial score (nSPS) is 12.5. The smallest absolute Gasteiger partial charge is 0.161 e. The molecule has 0 saturated carbocycles. The van der Waals surface area contributed by atoms with Gasteiger partial charge in [0.2, 0.25) is 0 Å². The Bertz CT molecular complexity index is 326. The Morgan fingerprint density at radius 2 is 1.82 bits per heavy atom. The standard InChI is InChI=1S/C14H23NO2/c1-11(2)12(10-15)8-9-17-14-7-5-4-6-13(14)16-3/h4-7,11-12H,8-10,15H2,1-3H3. The molecule has 3 heteroatoms.